The van der Waals surface area contributed by atoms with Gasteiger partial charge in [0.25, 0.3) is 0 Å². The normalized spacial score (nSPS) is 16.7. The van der Waals surface area contributed by atoms with Crippen molar-refractivity contribution in [1.29, 1.82) is 0 Å². The van der Waals surface area contributed by atoms with Gasteiger partial charge in [0.2, 0.25) is 11.8 Å². The number of alkyl carbamates (subject to hydrolysis) is 1. The molecule has 2 aliphatic heterocycles. The number of hydrogen-bond acceptors (Lipinski definition) is 9. The van der Waals surface area contributed by atoms with Crippen molar-refractivity contribution in [1.82, 2.24) is 25.2 Å². The van der Waals surface area contributed by atoms with E-state index >= 15 is 0 Å². The zero-order valence-corrected chi connectivity index (χ0v) is 27.9. The van der Waals surface area contributed by atoms with Crippen LogP contribution in [0.2, 0.25) is 10.0 Å². The molecular formula is C33H40Cl2N6O5. The summed E-state index contributed by atoms with van der Waals surface area (Å²) in [5.74, 6) is 0.880. The van der Waals surface area contributed by atoms with E-state index in [2.05, 4.69) is 25.1 Å². The second-order valence-electron chi connectivity index (χ2n) is 12.9. The predicted molar refractivity (Wildman–Crippen MR) is 177 cm³/mol. The van der Waals surface area contributed by atoms with Gasteiger partial charge in [0, 0.05) is 53.8 Å². The standard InChI is InChI=1S/C33H40Cl2N6O5/c1-33(2,3)46-32(44)38-26-6-10-41(11-7-26)31-36-18-27(19-37-31)45-29-13-22(20-40-8-4-21(5-9-40)14-30(42)43)12-28(39-29)23-15-24(34)17-25(35)16-23/h12-13,15-19,21,26H,4-11,14,20H2,1-3H3,(H,38,44)(H,42,43). The Hall–Kier alpha value is -3.67. The molecule has 46 heavy (non-hydrogen) atoms. The molecule has 1 amide bonds. The molecule has 2 fully saturated rings. The van der Waals surface area contributed by atoms with Crippen LogP contribution in [0.15, 0.2) is 42.7 Å². The van der Waals surface area contributed by atoms with Gasteiger partial charge in [-0.15, -0.1) is 0 Å². The zero-order valence-electron chi connectivity index (χ0n) is 26.3. The summed E-state index contributed by atoms with van der Waals surface area (Å²) in [6.45, 7) is 9.23. The smallest absolute Gasteiger partial charge is 0.407 e. The van der Waals surface area contributed by atoms with E-state index in [1.807, 2.05) is 45.0 Å². The maximum absolute atomic E-state index is 12.1. The van der Waals surface area contributed by atoms with Gasteiger partial charge in [-0.25, -0.2) is 19.7 Å². The Morgan fingerprint density at radius 3 is 2.22 bits per heavy atom. The summed E-state index contributed by atoms with van der Waals surface area (Å²) < 4.78 is 11.5. The van der Waals surface area contributed by atoms with Crippen LogP contribution in [0.5, 0.6) is 11.6 Å². The molecule has 3 aromatic rings. The minimum absolute atomic E-state index is 0.0340. The van der Waals surface area contributed by atoms with Crippen LogP contribution < -0.4 is 15.0 Å². The van der Waals surface area contributed by atoms with E-state index in [1.54, 1.807) is 18.5 Å². The minimum atomic E-state index is -0.742. The number of pyridine rings is 1. The Labute approximate surface area is 279 Å². The van der Waals surface area contributed by atoms with E-state index in [9.17, 15) is 9.59 Å². The fourth-order valence-corrected chi connectivity index (χ4v) is 6.28. The molecule has 11 nitrogen and oxygen atoms in total. The number of carbonyl (C=O) groups is 2. The monoisotopic (exact) mass is 670 g/mol. The van der Waals surface area contributed by atoms with E-state index in [1.165, 1.54) is 0 Å². The lowest BCUT2D eigenvalue weighted by molar-refractivity contribution is -0.138. The number of aromatic nitrogens is 3. The third kappa shape index (κ3) is 9.91. The van der Waals surface area contributed by atoms with Gasteiger partial charge < -0.3 is 24.8 Å². The Kier molecular flexibility index (Phi) is 10.9. The molecule has 1 aromatic carbocycles. The molecule has 2 aliphatic rings. The molecule has 0 bridgehead atoms. The number of piperidine rings is 2. The van der Waals surface area contributed by atoms with Crippen LogP contribution in [0.4, 0.5) is 10.7 Å². The number of amides is 1. The molecule has 0 atom stereocenters. The van der Waals surface area contributed by atoms with Gasteiger partial charge in [-0.05, 0) is 95.3 Å². The first kappa shape index (κ1) is 33.7. The van der Waals surface area contributed by atoms with Crippen molar-refractivity contribution < 1.29 is 24.2 Å². The van der Waals surface area contributed by atoms with E-state index in [0.29, 0.717) is 53.0 Å². The van der Waals surface area contributed by atoms with Crippen LogP contribution in [0.25, 0.3) is 11.3 Å². The number of aliphatic carboxylic acids is 1. The second-order valence-corrected chi connectivity index (χ2v) is 13.8. The van der Waals surface area contributed by atoms with Crippen molar-refractivity contribution in [3.63, 3.8) is 0 Å². The number of anilines is 1. The van der Waals surface area contributed by atoms with Crippen molar-refractivity contribution in [2.45, 2.75) is 71.1 Å². The average Bonchev–Trinajstić information content (AvgIpc) is 2.97. The minimum Gasteiger partial charge on any atom is -0.481 e. The first-order valence-electron chi connectivity index (χ1n) is 15.5. The van der Waals surface area contributed by atoms with Gasteiger partial charge in [0.15, 0.2) is 5.75 Å². The quantitative estimate of drug-likeness (QED) is 0.250. The topological polar surface area (TPSA) is 130 Å². The first-order chi connectivity index (χ1) is 21.9. The van der Waals surface area contributed by atoms with Crippen molar-refractivity contribution in [3.05, 3.63) is 58.3 Å². The highest BCUT2D eigenvalue weighted by Crippen LogP contribution is 2.31. The van der Waals surface area contributed by atoms with Crippen LogP contribution >= 0.6 is 23.2 Å². The molecule has 0 spiro atoms. The number of carbonyl (C=O) groups excluding carboxylic acids is 1. The number of nitrogens with one attached hydrogen (secondary N) is 1. The summed E-state index contributed by atoms with van der Waals surface area (Å²) in [6.07, 6.45) is 6.28. The number of carboxylic acids is 1. The zero-order chi connectivity index (χ0) is 32.8. The van der Waals surface area contributed by atoms with Gasteiger partial charge >= 0.3 is 12.1 Å². The maximum Gasteiger partial charge on any atom is 0.407 e. The number of hydrogen-bond donors (Lipinski definition) is 2. The highest BCUT2D eigenvalue weighted by atomic mass is 35.5. The van der Waals surface area contributed by atoms with Gasteiger partial charge in [-0.2, -0.15) is 0 Å². The van der Waals surface area contributed by atoms with Crippen LogP contribution in [0.1, 0.15) is 58.4 Å². The molecule has 246 valence electrons. The summed E-state index contributed by atoms with van der Waals surface area (Å²) in [4.78, 5) is 41.5. The van der Waals surface area contributed by atoms with Crippen LogP contribution in [-0.2, 0) is 16.1 Å². The lowest BCUT2D eigenvalue weighted by Gasteiger charge is -2.32. The number of carboxylic acid groups (broad SMARTS) is 1. The molecule has 0 aliphatic carbocycles. The third-order valence-electron chi connectivity index (χ3n) is 7.93. The van der Waals surface area contributed by atoms with Crippen LogP contribution in [0, 0.1) is 5.92 Å². The van der Waals surface area contributed by atoms with Crippen molar-refractivity contribution in [2.24, 2.45) is 5.92 Å². The predicted octanol–water partition coefficient (Wildman–Crippen LogP) is 6.82. The van der Waals surface area contributed by atoms with Gasteiger partial charge in [0.1, 0.15) is 5.60 Å². The number of likely N-dealkylation sites (tertiary alicyclic amines) is 1. The molecule has 13 heteroatoms. The van der Waals surface area contributed by atoms with Gasteiger partial charge in [-0.1, -0.05) is 23.2 Å². The van der Waals surface area contributed by atoms with E-state index in [0.717, 1.165) is 49.9 Å². The molecule has 0 saturated carbocycles. The van der Waals surface area contributed by atoms with Crippen molar-refractivity contribution >= 4 is 41.2 Å². The Morgan fingerprint density at radius 1 is 0.957 bits per heavy atom. The fourth-order valence-electron chi connectivity index (χ4n) is 5.75. The molecule has 4 heterocycles. The largest absolute Gasteiger partial charge is 0.481 e. The van der Waals surface area contributed by atoms with E-state index in [-0.39, 0.29) is 18.4 Å². The number of nitrogens with zero attached hydrogens (tertiary/aromatic N) is 5. The summed E-state index contributed by atoms with van der Waals surface area (Å²) in [7, 11) is 0. The molecular weight excluding hydrogens is 631 g/mol. The lowest BCUT2D eigenvalue weighted by Crippen LogP contribution is -2.46. The average molecular weight is 672 g/mol. The first-order valence-corrected chi connectivity index (χ1v) is 16.3. The summed E-state index contributed by atoms with van der Waals surface area (Å²) in [5.41, 5.74) is 1.89. The molecule has 0 radical (unpaired) electrons. The summed E-state index contributed by atoms with van der Waals surface area (Å²) in [6, 6.07) is 9.23. The Morgan fingerprint density at radius 2 is 1.61 bits per heavy atom. The van der Waals surface area contributed by atoms with Crippen molar-refractivity contribution in [3.8, 4) is 22.9 Å². The SMILES string of the molecule is CC(C)(C)OC(=O)NC1CCN(c2ncc(Oc3cc(CN4CCC(CC(=O)O)CC4)cc(-c4cc(Cl)cc(Cl)c4)n3)cn2)CC1. The molecule has 2 saturated heterocycles. The van der Waals surface area contributed by atoms with E-state index in [4.69, 9.17) is 42.8 Å². The maximum atomic E-state index is 12.1. The third-order valence-corrected chi connectivity index (χ3v) is 8.37. The van der Waals surface area contributed by atoms with Crippen LogP contribution in [0.3, 0.4) is 0 Å². The van der Waals surface area contributed by atoms with Gasteiger partial charge in [0.05, 0.1) is 18.1 Å². The number of halogens is 2. The molecule has 5 rings (SSSR count). The second kappa shape index (κ2) is 14.8. The highest BCUT2D eigenvalue weighted by Gasteiger charge is 2.25. The van der Waals surface area contributed by atoms with Crippen LogP contribution in [-0.4, -0.2) is 74.8 Å². The number of benzene rings is 1. The van der Waals surface area contributed by atoms with Gasteiger partial charge in [-0.3, -0.25) is 9.69 Å². The fraction of sp³-hybridized carbons (Fsp3) is 0.485. The Balaban J connectivity index is 1.25. The summed E-state index contributed by atoms with van der Waals surface area (Å²) >= 11 is 12.6. The highest BCUT2D eigenvalue weighted by molar-refractivity contribution is 6.35. The lowest BCUT2D eigenvalue weighted by atomic mass is 9.93. The molecule has 2 N–H and O–H groups in total. The molecule has 0 unspecified atom stereocenters. The molecule has 2 aromatic heterocycles. The number of rotatable bonds is 9. The Bertz CT molecular complexity index is 1500. The van der Waals surface area contributed by atoms with Crippen molar-refractivity contribution in [2.75, 3.05) is 31.1 Å². The summed E-state index contributed by atoms with van der Waals surface area (Å²) in [5, 5.41) is 13.1. The van der Waals surface area contributed by atoms with E-state index < -0.39 is 17.7 Å². The number of ether oxygens (including phenoxy) is 2.